The molecule has 2 fully saturated rings. The van der Waals surface area contributed by atoms with Crippen LogP contribution in [0.3, 0.4) is 0 Å². The van der Waals surface area contributed by atoms with E-state index in [1.807, 2.05) is 6.92 Å². The van der Waals surface area contributed by atoms with Gasteiger partial charge < -0.3 is 5.32 Å². The molecule has 1 amide bonds. The van der Waals surface area contributed by atoms with Gasteiger partial charge in [-0.1, -0.05) is 6.92 Å². The zero-order valence-electron chi connectivity index (χ0n) is 6.18. The lowest BCUT2D eigenvalue weighted by atomic mass is 10.2. The van der Waals surface area contributed by atoms with Crippen LogP contribution in [0.1, 0.15) is 13.3 Å². The second-order valence-corrected chi connectivity index (χ2v) is 3.21. The van der Waals surface area contributed by atoms with Gasteiger partial charge in [-0.05, 0) is 0 Å². The van der Waals surface area contributed by atoms with Crippen LogP contribution in [0, 0.1) is 0 Å². The quantitative estimate of drug-likeness (QED) is 0.540. The Morgan fingerprint density at radius 2 is 2.30 bits per heavy atom. The molecule has 2 saturated heterocycles. The van der Waals surface area contributed by atoms with E-state index >= 15 is 0 Å². The van der Waals surface area contributed by atoms with Crippen molar-refractivity contribution in [3.05, 3.63) is 0 Å². The van der Waals surface area contributed by atoms with Crippen molar-refractivity contribution < 1.29 is 4.79 Å². The summed E-state index contributed by atoms with van der Waals surface area (Å²) in [5, 5.41) is 2.90. The number of fused-ring (bicyclic) bond motifs is 1. The summed E-state index contributed by atoms with van der Waals surface area (Å²) < 4.78 is 0. The van der Waals surface area contributed by atoms with Crippen molar-refractivity contribution in [1.82, 2.24) is 10.2 Å². The van der Waals surface area contributed by atoms with Gasteiger partial charge in [-0.2, -0.15) is 0 Å². The van der Waals surface area contributed by atoms with E-state index in [-0.39, 0.29) is 5.91 Å². The molecule has 0 atom stereocenters. The van der Waals surface area contributed by atoms with Crippen LogP contribution in [0.2, 0.25) is 0 Å². The Morgan fingerprint density at radius 3 is 2.70 bits per heavy atom. The Balaban J connectivity index is 1.68. The van der Waals surface area contributed by atoms with Crippen molar-refractivity contribution in [3.8, 4) is 0 Å². The molecule has 0 spiro atoms. The Bertz CT molecular complexity index is 172. The molecule has 3 heteroatoms. The van der Waals surface area contributed by atoms with E-state index in [1.165, 1.54) is 13.1 Å². The highest BCUT2D eigenvalue weighted by Crippen LogP contribution is 2.47. The Hall–Kier alpha value is -0.570. The van der Waals surface area contributed by atoms with Crippen LogP contribution in [0.5, 0.6) is 0 Å². The predicted octanol–water partition coefficient (Wildman–Crippen LogP) is -0.419. The molecule has 2 aliphatic rings. The lowest BCUT2D eigenvalue weighted by molar-refractivity contribution is -0.120. The fourth-order valence-electron chi connectivity index (χ4n) is 1.21. The van der Waals surface area contributed by atoms with Crippen LogP contribution in [0.25, 0.3) is 0 Å². The number of amides is 1. The summed E-state index contributed by atoms with van der Waals surface area (Å²) in [6.45, 7) is 5.16. The SMILES string of the molecule is CCC(=O)NCC12CN1C2. The minimum absolute atomic E-state index is 0.174. The van der Waals surface area contributed by atoms with Crippen LogP contribution < -0.4 is 5.32 Å². The molecule has 0 aromatic carbocycles. The first-order chi connectivity index (χ1) is 4.77. The molecular formula is C7H12N2O. The van der Waals surface area contributed by atoms with Gasteiger partial charge in [-0.25, -0.2) is 0 Å². The van der Waals surface area contributed by atoms with E-state index in [2.05, 4.69) is 10.2 Å². The van der Waals surface area contributed by atoms with Gasteiger partial charge in [0.25, 0.3) is 0 Å². The van der Waals surface area contributed by atoms with E-state index < -0.39 is 0 Å². The number of carbonyl (C=O) groups excluding carboxylic acids is 1. The molecule has 0 aliphatic carbocycles. The largest absolute Gasteiger partial charge is 0.354 e. The van der Waals surface area contributed by atoms with Crippen molar-refractivity contribution >= 4 is 5.91 Å². The molecule has 2 aliphatic heterocycles. The van der Waals surface area contributed by atoms with Gasteiger partial charge in [-0.15, -0.1) is 0 Å². The molecule has 0 aromatic rings. The van der Waals surface area contributed by atoms with Crippen molar-refractivity contribution in [1.29, 1.82) is 0 Å². The van der Waals surface area contributed by atoms with E-state index in [9.17, 15) is 4.79 Å². The molecular weight excluding hydrogens is 128 g/mol. The van der Waals surface area contributed by atoms with E-state index in [0.717, 1.165) is 6.54 Å². The van der Waals surface area contributed by atoms with Crippen LogP contribution in [0.4, 0.5) is 0 Å². The predicted molar refractivity (Wildman–Crippen MR) is 37.6 cm³/mol. The third kappa shape index (κ3) is 0.814. The summed E-state index contributed by atoms with van der Waals surface area (Å²) in [4.78, 5) is 13.1. The van der Waals surface area contributed by atoms with Crippen molar-refractivity contribution in [3.63, 3.8) is 0 Å². The highest BCUT2D eigenvalue weighted by atomic mass is 16.1. The molecule has 0 radical (unpaired) electrons. The number of hydrogen-bond donors (Lipinski definition) is 1. The first kappa shape index (κ1) is 6.16. The van der Waals surface area contributed by atoms with E-state index in [4.69, 9.17) is 0 Å². The summed E-state index contributed by atoms with van der Waals surface area (Å²) in [5.74, 6) is 0.174. The van der Waals surface area contributed by atoms with Gasteiger partial charge in [0.15, 0.2) is 0 Å². The average Bonchev–Trinajstić information content (AvgIpc) is 2.69. The average molecular weight is 140 g/mol. The fourth-order valence-corrected chi connectivity index (χ4v) is 1.21. The highest BCUT2D eigenvalue weighted by molar-refractivity contribution is 5.75. The van der Waals surface area contributed by atoms with Crippen LogP contribution in [0.15, 0.2) is 0 Å². The van der Waals surface area contributed by atoms with Gasteiger partial charge >= 0.3 is 0 Å². The summed E-state index contributed by atoms with van der Waals surface area (Å²) in [6, 6.07) is 0. The molecule has 2 rings (SSSR count). The maximum absolute atomic E-state index is 10.8. The van der Waals surface area contributed by atoms with Gasteiger partial charge in [-0.3, -0.25) is 9.69 Å². The standard InChI is InChI=1S/C7H12N2O/c1-2-6(10)8-3-7-4-9(7)5-7/h2-5H2,1H3,(H,8,10). The van der Waals surface area contributed by atoms with Gasteiger partial charge in [0.05, 0.1) is 5.54 Å². The van der Waals surface area contributed by atoms with Crippen molar-refractivity contribution in [2.75, 3.05) is 19.6 Å². The number of rotatable bonds is 3. The minimum Gasteiger partial charge on any atom is -0.354 e. The van der Waals surface area contributed by atoms with Gasteiger partial charge in [0, 0.05) is 26.1 Å². The summed E-state index contributed by atoms with van der Waals surface area (Å²) in [6.07, 6.45) is 0.607. The lowest BCUT2D eigenvalue weighted by Gasteiger charge is -2.01. The fraction of sp³-hybridized carbons (Fsp3) is 0.857. The Kier molecular flexibility index (Phi) is 1.06. The Labute approximate surface area is 60.4 Å². The maximum Gasteiger partial charge on any atom is 0.219 e. The monoisotopic (exact) mass is 140 g/mol. The van der Waals surface area contributed by atoms with Crippen LogP contribution >= 0.6 is 0 Å². The summed E-state index contributed by atoms with van der Waals surface area (Å²) in [7, 11) is 0. The van der Waals surface area contributed by atoms with Gasteiger partial charge in [0.1, 0.15) is 0 Å². The first-order valence-electron chi connectivity index (χ1n) is 3.79. The van der Waals surface area contributed by atoms with E-state index in [0.29, 0.717) is 12.0 Å². The molecule has 10 heavy (non-hydrogen) atoms. The van der Waals surface area contributed by atoms with Crippen LogP contribution in [-0.4, -0.2) is 36.0 Å². The minimum atomic E-state index is 0.174. The van der Waals surface area contributed by atoms with Crippen LogP contribution in [-0.2, 0) is 4.79 Å². The number of nitrogens with zero attached hydrogens (tertiary/aromatic N) is 1. The normalized spacial score (nSPS) is 40.3. The molecule has 0 unspecified atom stereocenters. The zero-order valence-corrected chi connectivity index (χ0v) is 6.18. The second kappa shape index (κ2) is 1.72. The third-order valence-corrected chi connectivity index (χ3v) is 2.37. The summed E-state index contributed by atoms with van der Waals surface area (Å²) in [5.41, 5.74) is 0.449. The molecule has 0 saturated carbocycles. The highest BCUT2D eigenvalue weighted by Gasteiger charge is 2.67. The molecule has 1 N–H and O–H groups in total. The summed E-state index contributed by atoms with van der Waals surface area (Å²) >= 11 is 0. The molecule has 0 aromatic heterocycles. The molecule has 2 heterocycles. The molecule has 56 valence electrons. The number of carbonyl (C=O) groups is 1. The number of hydrogen-bond acceptors (Lipinski definition) is 2. The third-order valence-electron chi connectivity index (χ3n) is 2.37. The molecule has 3 nitrogen and oxygen atoms in total. The topological polar surface area (TPSA) is 32.1 Å². The Morgan fingerprint density at radius 1 is 1.70 bits per heavy atom. The maximum atomic E-state index is 10.8. The zero-order chi connectivity index (χ0) is 7.19. The van der Waals surface area contributed by atoms with Crippen molar-refractivity contribution in [2.45, 2.75) is 18.9 Å². The lowest BCUT2D eigenvalue weighted by Crippen LogP contribution is -2.30. The first-order valence-corrected chi connectivity index (χ1v) is 3.79. The molecule has 0 bridgehead atoms. The number of nitrogens with one attached hydrogen (secondary N) is 1. The van der Waals surface area contributed by atoms with Gasteiger partial charge in [0.2, 0.25) is 5.91 Å². The smallest absolute Gasteiger partial charge is 0.219 e. The second-order valence-electron chi connectivity index (χ2n) is 3.21. The van der Waals surface area contributed by atoms with E-state index in [1.54, 1.807) is 0 Å². The van der Waals surface area contributed by atoms with Crippen molar-refractivity contribution in [2.24, 2.45) is 0 Å².